The molecule has 9 heavy (non-hydrogen) atoms. The number of ether oxygens (including phenoxy) is 1. The molecule has 2 nitrogen and oxygen atoms in total. The molecule has 0 saturated carbocycles. The first kappa shape index (κ1) is 7.95. The molecule has 0 fully saturated rings. The highest BCUT2D eigenvalue weighted by Gasteiger charge is 1.95. The number of esters is 1. The standard InChI is InChI=1S/C7H10O2/c1-4-6(3)9-7(8)5-2/h5H,2-4H2,1H3. The van der Waals surface area contributed by atoms with E-state index in [1.54, 1.807) is 0 Å². The van der Waals surface area contributed by atoms with Crippen molar-refractivity contribution in [3.63, 3.8) is 0 Å². The summed E-state index contributed by atoms with van der Waals surface area (Å²) >= 11 is 0. The Bertz CT molecular complexity index is 136. The van der Waals surface area contributed by atoms with Gasteiger partial charge < -0.3 is 4.74 Å². The Labute approximate surface area is 54.8 Å². The zero-order chi connectivity index (χ0) is 7.28. The summed E-state index contributed by atoms with van der Waals surface area (Å²) in [5.74, 6) is 0.0294. The van der Waals surface area contributed by atoms with Gasteiger partial charge in [0.1, 0.15) is 5.76 Å². The molecule has 0 unspecified atom stereocenters. The van der Waals surface area contributed by atoms with E-state index in [1.807, 2.05) is 6.92 Å². The second-order valence-electron chi connectivity index (χ2n) is 1.52. The molecule has 0 amide bonds. The van der Waals surface area contributed by atoms with Gasteiger partial charge in [-0.25, -0.2) is 4.79 Å². The third-order valence-electron chi connectivity index (χ3n) is 0.806. The Hall–Kier alpha value is -1.05. The van der Waals surface area contributed by atoms with Crippen LogP contribution in [0.3, 0.4) is 0 Å². The van der Waals surface area contributed by atoms with Gasteiger partial charge in [-0.05, 0) is 0 Å². The van der Waals surface area contributed by atoms with Crippen LogP contribution in [0.1, 0.15) is 13.3 Å². The van der Waals surface area contributed by atoms with Gasteiger partial charge in [0.15, 0.2) is 0 Å². The summed E-state index contributed by atoms with van der Waals surface area (Å²) in [6.45, 7) is 8.56. The average Bonchev–Trinajstić information content (AvgIpc) is 1.87. The second kappa shape index (κ2) is 3.89. The number of allylic oxidation sites excluding steroid dienone is 1. The first-order valence-electron chi connectivity index (χ1n) is 2.72. The Balaban J connectivity index is 3.59. The zero-order valence-corrected chi connectivity index (χ0v) is 5.52. The number of hydrogen-bond donors (Lipinski definition) is 0. The van der Waals surface area contributed by atoms with E-state index in [2.05, 4.69) is 17.9 Å². The summed E-state index contributed by atoms with van der Waals surface area (Å²) in [5, 5.41) is 0. The third kappa shape index (κ3) is 3.53. The van der Waals surface area contributed by atoms with Crippen molar-refractivity contribution in [3.05, 3.63) is 25.0 Å². The summed E-state index contributed by atoms with van der Waals surface area (Å²) in [5.41, 5.74) is 0. The highest BCUT2D eigenvalue weighted by molar-refractivity contribution is 5.81. The summed E-state index contributed by atoms with van der Waals surface area (Å²) < 4.78 is 4.60. The fraction of sp³-hybridized carbons (Fsp3) is 0.286. The van der Waals surface area contributed by atoms with E-state index in [0.717, 1.165) is 6.08 Å². The van der Waals surface area contributed by atoms with Crippen LogP contribution in [0.25, 0.3) is 0 Å². The van der Waals surface area contributed by atoms with Crippen LogP contribution in [0.15, 0.2) is 25.0 Å². The van der Waals surface area contributed by atoms with Gasteiger partial charge >= 0.3 is 5.97 Å². The van der Waals surface area contributed by atoms with Gasteiger partial charge in [0.25, 0.3) is 0 Å². The SMILES string of the molecule is C=CC(=O)OC(=C)CC. The van der Waals surface area contributed by atoms with Gasteiger partial charge in [-0.1, -0.05) is 20.1 Å². The van der Waals surface area contributed by atoms with Crippen LogP contribution < -0.4 is 0 Å². The highest BCUT2D eigenvalue weighted by Crippen LogP contribution is 1.98. The Morgan fingerprint density at radius 1 is 1.78 bits per heavy atom. The smallest absolute Gasteiger partial charge is 0.335 e. The molecule has 0 atom stereocenters. The maximum Gasteiger partial charge on any atom is 0.335 e. The number of carbonyl (C=O) groups is 1. The van der Waals surface area contributed by atoms with Crippen molar-refractivity contribution in [3.8, 4) is 0 Å². The van der Waals surface area contributed by atoms with E-state index in [4.69, 9.17) is 0 Å². The normalized spacial score (nSPS) is 8.11. The van der Waals surface area contributed by atoms with Gasteiger partial charge in [0.2, 0.25) is 0 Å². The van der Waals surface area contributed by atoms with Crippen molar-refractivity contribution >= 4 is 5.97 Å². The van der Waals surface area contributed by atoms with Crippen molar-refractivity contribution in [1.29, 1.82) is 0 Å². The molecule has 2 heteroatoms. The molecule has 0 N–H and O–H groups in total. The minimum absolute atomic E-state index is 0.443. The third-order valence-corrected chi connectivity index (χ3v) is 0.806. The topological polar surface area (TPSA) is 26.3 Å². The van der Waals surface area contributed by atoms with E-state index < -0.39 is 5.97 Å². The van der Waals surface area contributed by atoms with Crippen molar-refractivity contribution in [1.82, 2.24) is 0 Å². The molecule has 0 aliphatic rings. The van der Waals surface area contributed by atoms with Gasteiger partial charge in [0.05, 0.1) is 0 Å². The van der Waals surface area contributed by atoms with Crippen molar-refractivity contribution in [2.24, 2.45) is 0 Å². The van der Waals surface area contributed by atoms with E-state index in [1.165, 1.54) is 0 Å². The first-order chi connectivity index (χ1) is 4.20. The second-order valence-corrected chi connectivity index (χ2v) is 1.52. The molecule has 0 aliphatic heterocycles. The van der Waals surface area contributed by atoms with Crippen LogP contribution in [-0.4, -0.2) is 5.97 Å². The van der Waals surface area contributed by atoms with E-state index in [0.29, 0.717) is 12.2 Å². The molecule has 0 saturated heterocycles. The van der Waals surface area contributed by atoms with Gasteiger partial charge in [0, 0.05) is 12.5 Å². The maximum atomic E-state index is 10.4. The Morgan fingerprint density at radius 3 is 2.67 bits per heavy atom. The van der Waals surface area contributed by atoms with E-state index in [-0.39, 0.29) is 0 Å². The molecule has 0 bridgehead atoms. The Kier molecular flexibility index (Phi) is 3.44. The molecular formula is C7H10O2. The van der Waals surface area contributed by atoms with Crippen LogP contribution in [0.2, 0.25) is 0 Å². The largest absolute Gasteiger partial charge is 0.429 e. The molecule has 0 rings (SSSR count). The lowest BCUT2D eigenvalue weighted by atomic mass is 10.4. The molecule has 0 aromatic heterocycles. The monoisotopic (exact) mass is 126 g/mol. The predicted molar refractivity (Wildman–Crippen MR) is 35.7 cm³/mol. The number of carbonyl (C=O) groups excluding carboxylic acids is 1. The Morgan fingerprint density at radius 2 is 2.33 bits per heavy atom. The van der Waals surface area contributed by atoms with Crippen molar-refractivity contribution in [2.75, 3.05) is 0 Å². The number of rotatable bonds is 3. The molecule has 0 spiro atoms. The van der Waals surface area contributed by atoms with Crippen LogP contribution in [0.5, 0.6) is 0 Å². The summed E-state index contributed by atoms with van der Waals surface area (Å²) in [6.07, 6.45) is 1.76. The highest BCUT2D eigenvalue weighted by atomic mass is 16.5. The predicted octanol–water partition coefficient (Wildman–Crippen LogP) is 1.64. The minimum atomic E-state index is -0.443. The molecule has 0 heterocycles. The van der Waals surface area contributed by atoms with Gasteiger partial charge in [-0.15, -0.1) is 0 Å². The van der Waals surface area contributed by atoms with Crippen LogP contribution >= 0.6 is 0 Å². The quantitative estimate of drug-likeness (QED) is 0.326. The molecule has 50 valence electrons. The van der Waals surface area contributed by atoms with Crippen molar-refractivity contribution in [2.45, 2.75) is 13.3 Å². The van der Waals surface area contributed by atoms with Gasteiger partial charge in [-0.3, -0.25) is 0 Å². The van der Waals surface area contributed by atoms with Crippen molar-refractivity contribution < 1.29 is 9.53 Å². The molecule has 0 radical (unpaired) electrons. The summed E-state index contributed by atoms with van der Waals surface area (Å²) in [7, 11) is 0. The molecular weight excluding hydrogens is 116 g/mol. The first-order valence-corrected chi connectivity index (χ1v) is 2.72. The van der Waals surface area contributed by atoms with Crippen LogP contribution in [-0.2, 0) is 9.53 Å². The van der Waals surface area contributed by atoms with Crippen LogP contribution in [0, 0.1) is 0 Å². The lowest BCUT2D eigenvalue weighted by Crippen LogP contribution is -1.97. The van der Waals surface area contributed by atoms with Crippen LogP contribution in [0.4, 0.5) is 0 Å². The van der Waals surface area contributed by atoms with E-state index >= 15 is 0 Å². The lowest BCUT2D eigenvalue weighted by molar-refractivity contribution is -0.133. The fourth-order valence-electron chi connectivity index (χ4n) is 0.256. The van der Waals surface area contributed by atoms with Gasteiger partial charge in [-0.2, -0.15) is 0 Å². The minimum Gasteiger partial charge on any atom is -0.429 e. The molecule has 0 aromatic rings. The summed E-state index contributed by atoms with van der Waals surface area (Å²) in [6, 6.07) is 0. The fourth-order valence-corrected chi connectivity index (χ4v) is 0.256. The lowest BCUT2D eigenvalue weighted by Gasteiger charge is -1.99. The average molecular weight is 126 g/mol. The molecule has 0 aliphatic carbocycles. The van der Waals surface area contributed by atoms with E-state index in [9.17, 15) is 4.79 Å². The zero-order valence-electron chi connectivity index (χ0n) is 5.52. The number of hydrogen-bond acceptors (Lipinski definition) is 2. The summed E-state index contributed by atoms with van der Waals surface area (Å²) in [4.78, 5) is 10.4. The maximum absolute atomic E-state index is 10.4. The molecule has 0 aromatic carbocycles.